The van der Waals surface area contributed by atoms with E-state index in [0.717, 1.165) is 19.5 Å². The zero-order valence-corrected chi connectivity index (χ0v) is 12.3. The zero-order valence-electron chi connectivity index (χ0n) is 11.5. The SMILES string of the molecule is CC(C)NCCCCS(=O)(=O)NCCN(C)C. The monoisotopic (exact) mass is 265 g/mol. The van der Waals surface area contributed by atoms with Crippen LogP contribution >= 0.6 is 0 Å². The summed E-state index contributed by atoms with van der Waals surface area (Å²) in [5, 5.41) is 3.27. The molecule has 6 heteroatoms. The molecule has 0 aromatic heterocycles. The average Bonchev–Trinajstić information content (AvgIpc) is 2.15. The van der Waals surface area contributed by atoms with Crippen LogP contribution in [0.3, 0.4) is 0 Å². The van der Waals surface area contributed by atoms with Crippen molar-refractivity contribution in [3.8, 4) is 0 Å². The Bertz CT molecular complexity index is 276. The van der Waals surface area contributed by atoms with Crippen LogP contribution in [0, 0.1) is 0 Å². The third-order valence-corrected chi connectivity index (χ3v) is 3.74. The third-order valence-electron chi connectivity index (χ3n) is 2.27. The van der Waals surface area contributed by atoms with Gasteiger partial charge in [-0.25, -0.2) is 13.1 Å². The van der Waals surface area contributed by atoms with E-state index in [1.54, 1.807) is 0 Å². The fraction of sp³-hybridized carbons (Fsp3) is 1.00. The molecule has 0 aromatic carbocycles. The molecule has 0 spiro atoms. The van der Waals surface area contributed by atoms with E-state index in [-0.39, 0.29) is 5.75 Å². The first-order chi connectivity index (χ1) is 7.83. The maximum absolute atomic E-state index is 11.6. The largest absolute Gasteiger partial charge is 0.315 e. The summed E-state index contributed by atoms with van der Waals surface area (Å²) in [5.41, 5.74) is 0. The smallest absolute Gasteiger partial charge is 0.211 e. The number of nitrogens with zero attached hydrogens (tertiary/aromatic N) is 1. The summed E-state index contributed by atoms with van der Waals surface area (Å²) in [5.74, 6) is 0.222. The number of hydrogen-bond acceptors (Lipinski definition) is 4. The second kappa shape index (κ2) is 8.85. The fourth-order valence-electron chi connectivity index (χ4n) is 1.30. The highest BCUT2D eigenvalue weighted by atomic mass is 32.2. The van der Waals surface area contributed by atoms with E-state index in [1.165, 1.54) is 0 Å². The zero-order chi connectivity index (χ0) is 13.3. The Morgan fingerprint density at radius 1 is 1.12 bits per heavy atom. The Hall–Kier alpha value is -0.170. The number of hydrogen-bond donors (Lipinski definition) is 2. The van der Waals surface area contributed by atoms with E-state index in [9.17, 15) is 8.42 Å². The van der Waals surface area contributed by atoms with Gasteiger partial charge in [-0.3, -0.25) is 0 Å². The van der Waals surface area contributed by atoms with Gasteiger partial charge in [0.05, 0.1) is 5.75 Å². The molecule has 0 unspecified atom stereocenters. The molecule has 0 aliphatic heterocycles. The molecule has 0 heterocycles. The Balaban J connectivity index is 3.57. The Morgan fingerprint density at radius 2 is 1.76 bits per heavy atom. The molecule has 5 nitrogen and oxygen atoms in total. The van der Waals surface area contributed by atoms with Crippen LogP contribution < -0.4 is 10.0 Å². The number of rotatable bonds is 10. The topological polar surface area (TPSA) is 61.4 Å². The molecule has 0 saturated heterocycles. The van der Waals surface area contributed by atoms with Gasteiger partial charge in [0.25, 0.3) is 0 Å². The second-order valence-corrected chi connectivity index (χ2v) is 6.76. The van der Waals surface area contributed by atoms with Gasteiger partial charge in [-0.15, -0.1) is 0 Å². The molecular formula is C11H27N3O2S. The van der Waals surface area contributed by atoms with E-state index < -0.39 is 10.0 Å². The highest BCUT2D eigenvalue weighted by Gasteiger charge is 2.08. The van der Waals surface area contributed by atoms with E-state index >= 15 is 0 Å². The van der Waals surface area contributed by atoms with Gasteiger partial charge in [-0.1, -0.05) is 13.8 Å². The maximum atomic E-state index is 11.6. The third kappa shape index (κ3) is 12.1. The number of likely N-dealkylation sites (N-methyl/N-ethyl adjacent to an activating group) is 1. The van der Waals surface area contributed by atoms with Crippen LogP contribution in [-0.2, 0) is 10.0 Å². The minimum atomic E-state index is -3.08. The molecular weight excluding hydrogens is 238 g/mol. The Morgan fingerprint density at radius 3 is 2.29 bits per heavy atom. The summed E-state index contributed by atoms with van der Waals surface area (Å²) in [6, 6.07) is 0.463. The summed E-state index contributed by atoms with van der Waals surface area (Å²) < 4.78 is 25.7. The molecule has 104 valence electrons. The molecule has 0 aliphatic carbocycles. The number of sulfonamides is 1. The average molecular weight is 265 g/mol. The van der Waals surface area contributed by atoms with Crippen molar-refractivity contribution in [2.24, 2.45) is 0 Å². The quantitative estimate of drug-likeness (QED) is 0.556. The molecule has 0 amide bonds. The first-order valence-corrected chi connectivity index (χ1v) is 7.84. The standard InChI is InChI=1S/C11H27N3O2S/c1-11(2)12-7-5-6-10-17(15,16)13-8-9-14(3)4/h11-13H,5-10H2,1-4H3. The molecule has 2 N–H and O–H groups in total. The van der Waals surface area contributed by atoms with Gasteiger partial charge in [-0.2, -0.15) is 0 Å². The van der Waals surface area contributed by atoms with Crippen molar-refractivity contribution in [3.63, 3.8) is 0 Å². The minimum Gasteiger partial charge on any atom is -0.315 e. The Kier molecular flexibility index (Phi) is 8.77. The number of nitrogens with one attached hydrogen (secondary N) is 2. The Labute approximate surface area is 106 Å². The summed E-state index contributed by atoms with van der Waals surface area (Å²) in [6.07, 6.45) is 1.60. The molecule has 0 radical (unpaired) electrons. The van der Waals surface area contributed by atoms with Gasteiger partial charge in [0.15, 0.2) is 0 Å². The molecule has 0 aromatic rings. The van der Waals surface area contributed by atoms with Crippen LogP contribution in [0.25, 0.3) is 0 Å². The lowest BCUT2D eigenvalue weighted by Crippen LogP contribution is -2.33. The summed E-state index contributed by atoms with van der Waals surface area (Å²) in [4.78, 5) is 1.95. The van der Waals surface area contributed by atoms with Crippen LogP contribution in [-0.4, -0.2) is 58.8 Å². The lowest BCUT2D eigenvalue weighted by molar-refractivity contribution is 0.412. The van der Waals surface area contributed by atoms with Crippen molar-refractivity contribution in [2.45, 2.75) is 32.7 Å². The maximum Gasteiger partial charge on any atom is 0.211 e. The highest BCUT2D eigenvalue weighted by Crippen LogP contribution is 1.94. The lowest BCUT2D eigenvalue weighted by atomic mass is 10.3. The predicted octanol–water partition coefficient (Wildman–Crippen LogP) is 0.246. The summed E-state index contributed by atoms with van der Waals surface area (Å²) in [6.45, 7) is 6.26. The molecule has 0 rings (SSSR count). The minimum absolute atomic E-state index is 0.222. The van der Waals surface area contributed by atoms with E-state index in [0.29, 0.717) is 19.0 Å². The van der Waals surface area contributed by atoms with E-state index in [2.05, 4.69) is 23.9 Å². The number of unbranched alkanes of at least 4 members (excludes halogenated alkanes) is 1. The molecule has 17 heavy (non-hydrogen) atoms. The van der Waals surface area contributed by atoms with Crippen molar-refractivity contribution in [1.29, 1.82) is 0 Å². The first-order valence-electron chi connectivity index (χ1n) is 6.19. The van der Waals surface area contributed by atoms with Gasteiger partial charge in [0, 0.05) is 19.1 Å². The van der Waals surface area contributed by atoms with Gasteiger partial charge in [0.2, 0.25) is 10.0 Å². The highest BCUT2D eigenvalue weighted by molar-refractivity contribution is 7.89. The van der Waals surface area contributed by atoms with Crippen LogP contribution in [0.1, 0.15) is 26.7 Å². The van der Waals surface area contributed by atoms with Crippen molar-refractivity contribution in [2.75, 3.05) is 39.5 Å². The van der Waals surface area contributed by atoms with Crippen molar-refractivity contribution in [1.82, 2.24) is 14.9 Å². The molecule has 0 saturated carbocycles. The van der Waals surface area contributed by atoms with E-state index in [4.69, 9.17) is 0 Å². The summed E-state index contributed by atoms with van der Waals surface area (Å²) in [7, 11) is 0.763. The molecule has 0 atom stereocenters. The molecule has 0 bridgehead atoms. The first kappa shape index (κ1) is 16.8. The predicted molar refractivity (Wildman–Crippen MR) is 72.7 cm³/mol. The lowest BCUT2D eigenvalue weighted by Gasteiger charge is -2.11. The van der Waals surface area contributed by atoms with Gasteiger partial charge < -0.3 is 10.2 Å². The van der Waals surface area contributed by atoms with Crippen LogP contribution in [0.15, 0.2) is 0 Å². The van der Waals surface area contributed by atoms with Gasteiger partial charge in [-0.05, 0) is 33.5 Å². The fourth-order valence-corrected chi connectivity index (χ4v) is 2.44. The van der Waals surface area contributed by atoms with Crippen LogP contribution in [0.4, 0.5) is 0 Å². The summed E-state index contributed by atoms with van der Waals surface area (Å²) >= 11 is 0. The van der Waals surface area contributed by atoms with E-state index in [1.807, 2.05) is 19.0 Å². The normalized spacial score (nSPS) is 12.6. The van der Waals surface area contributed by atoms with Crippen molar-refractivity contribution in [3.05, 3.63) is 0 Å². The second-order valence-electron chi connectivity index (χ2n) is 4.83. The van der Waals surface area contributed by atoms with Crippen molar-refractivity contribution >= 4 is 10.0 Å². The van der Waals surface area contributed by atoms with Gasteiger partial charge >= 0.3 is 0 Å². The van der Waals surface area contributed by atoms with Crippen LogP contribution in [0.5, 0.6) is 0 Å². The molecule has 0 fully saturated rings. The van der Waals surface area contributed by atoms with Crippen molar-refractivity contribution < 1.29 is 8.42 Å². The van der Waals surface area contributed by atoms with Crippen LogP contribution in [0.2, 0.25) is 0 Å². The van der Waals surface area contributed by atoms with Gasteiger partial charge in [0.1, 0.15) is 0 Å². The molecule has 0 aliphatic rings.